The molecule has 0 saturated carbocycles. The van der Waals surface area contributed by atoms with Gasteiger partial charge < -0.3 is 9.80 Å². The second-order valence-electron chi connectivity index (χ2n) is 5.91. The van der Waals surface area contributed by atoms with Crippen molar-refractivity contribution in [1.82, 2.24) is 9.80 Å². The fourth-order valence-electron chi connectivity index (χ4n) is 3.89. The highest BCUT2D eigenvalue weighted by atomic mass is 79.9. The van der Waals surface area contributed by atoms with Gasteiger partial charge in [0.2, 0.25) is 0 Å². The zero-order valence-corrected chi connectivity index (χ0v) is 12.4. The largest absolute Gasteiger partial charge is 0.330 e. The van der Waals surface area contributed by atoms with Crippen LogP contribution in [-0.2, 0) is 6.54 Å². The first-order chi connectivity index (χ1) is 9.24. The zero-order chi connectivity index (χ0) is 13.0. The highest BCUT2D eigenvalue weighted by Gasteiger charge is 2.42. The Bertz CT molecular complexity index is 537. The maximum absolute atomic E-state index is 12.7. The maximum Gasteiger partial charge on any atom is 0.255 e. The third-order valence-electron chi connectivity index (χ3n) is 4.94. The number of benzene rings is 1. The molecule has 0 aromatic heterocycles. The van der Waals surface area contributed by atoms with E-state index in [4.69, 9.17) is 0 Å². The van der Waals surface area contributed by atoms with Gasteiger partial charge in [0.25, 0.3) is 5.91 Å². The standard InChI is InChI=1S/C15H17BrN2O/c16-12-3-1-2-11-8-18(15(19)14(11)12)13-9-17-6-4-10(13)5-7-17/h1-3,10,13H,4-9H2/t13-/m0/s1. The molecule has 1 aromatic carbocycles. The van der Waals surface area contributed by atoms with Crippen molar-refractivity contribution >= 4 is 21.8 Å². The molecule has 4 heterocycles. The number of halogens is 1. The van der Waals surface area contributed by atoms with Crippen molar-refractivity contribution in [3.05, 3.63) is 33.8 Å². The van der Waals surface area contributed by atoms with Crippen molar-refractivity contribution in [2.24, 2.45) is 5.92 Å². The van der Waals surface area contributed by atoms with E-state index in [1.54, 1.807) is 0 Å². The monoisotopic (exact) mass is 320 g/mol. The molecule has 0 spiro atoms. The van der Waals surface area contributed by atoms with Crippen LogP contribution in [0.25, 0.3) is 0 Å². The van der Waals surface area contributed by atoms with Crippen LogP contribution < -0.4 is 0 Å². The number of hydrogen-bond acceptors (Lipinski definition) is 2. The summed E-state index contributed by atoms with van der Waals surface area (Å²) in [6.45, 7) is 4.31. The van der Waals surface area contributed by atoms with Crippen LogP contribution >= 0.6 is 15.9 Å². The van der Waals surface area contributed by atoms with Crippen LogP contribution in [0.5, 0.6) is 0 Å². The summed E-state index contributed by atoms with van der Waals surface area (Å²) in [7, 11) is 0. The number of nitrogens with zero attached hydrogens (tertiary/aromatic N) is 2. The van der Waals surface area contributed by atoms with Crippen molar-refractivity contribution in [2.45, 2.75) is 25.4 Å². The number of carbonyl (C=O) groups excluding carboxylic acids is 1. The Hall–Kier alpha value is -0.870. The maximum atomic E-state index is 12.7. The van der Waals surface area contributed by atoms with Crippen LogP contribution in [-0.4, -0.2) is 41.4 Å². The summed E-state index contributed by atoms with van der Waals surface area (Å²) in [5, 5.41) is 0. The Labute approximate surface area is 121 Å². The van der Waals surface area contributed by atoms with E-state index in [1.165, 1.54) is 31.5 Å². The molecule has 3 nitrogen and oxygen atoms in total. The first-order valence-electron chi connectivity index (χ1n) is 7.05. The zero-order valence-electron chi connectivity index (χ0n) is 10.8. The Kier molecular flexibility index (Phi) is 2.71. The minimum Gasteiger partial charge on any atom is -0.330 e. The molecule has 1 atom stereocenters. The van der Waals surface area contributed by atoms with Crippen LogP contribution in [0.15, 0.2) is 22.7 Å². The molecule has 19 heavy (non-hydrogen) atoms. The second-order valence-corrected chi connectivity index (χ2v) is 6.77. The average molecular weight is 321 g/mol. The number of rotatable bonds is 1. The quantitative estimate of drug-likeness (QED) is 0.793. The SMILES string of the molecule is O=C1c2c(Br)cccc2CN1[C@H]1CN2CCC1CC2. The molecule has 4 heteroatoms. The Morgan fingerprint density at radius 2 is 2.00 bits per heavy atom. The first kappa shape index (κ1) is 11.9. The second kappa shape index (κ2) is 4.32. The summed E-state index contributed by atoms with van der Waals surface area (Å²) in [4.78, 5) is 17.3. The van der Waals surface area contributed by atoms with Gasteiger partial charge in [-0.15, -0.1) is 0 Å². The van der Waals surface area contributed by atoms with Gasteiger partial charge in [-0.3, -0.25) is 4.79 Å². The van der Waals surface area contributed by atoms with Gasteiger partial charge in [0.05, 0.1) is 5.56 Å². The molecule has 5 rings (SSSR count). The number of carbonyl (C=O) groups is 1. The minimum atomic E-state index is 0.223. The highest BCUT2D eigenvalue weighted by molar-refractivity contribution is 9.10. The molecule has 1 aromatic rings. The van der Waals surface area contributed by atoms with Crippen LogP contribution in [0, 0.1) is 5.92 Å². The van der Waals surface area contributed by atoms with Gasteiger partial charge in [0.1, 0.15) is 0 Å². The minimum absolute atomic E-state index is 0.223. The first-order valence-corrected chi connectivity index (χ1v) is 7.84. The molecule has 0 radical (unpaired) electrons. The number of hydrogen-bond donors (Lipinski definition) is 0. The molecule has 3 saturated heterocycles. The Morgan fingerprint density at radius 3 is 2.63 bits per heavy atom. The van der Waals surface area contributed by atoms with Crippen molar-refractivity contribution in [2.75, 3.05) is 19.6 Å². The van der Waals surface area contributed by atoms with E-state index in [-0.39, 0.29) is 5.91 Å². The van der Waals surface area contributed by atoms with Gasteiger partial charge >= 0.3 is 0 Å². The average Bonchev–Trinajstić information content (AvgIpc) is 2.79. The normalized spacial score (nSPS) is 32.8. The third-order valence-corrected chi connectivity index (χ3v) is 5.60. The molecule has 0 unspecified atom stereocenters. The molecule has 4 aliphatic heterocycles. The van der Waals surface area contributed by atoms with E-state index in [2.05, 4.69) is 31.8 Å². The molecule has 4 aliphatic rings. The fourth-order valence-corrected chi connectivity index (χ4v) is 4.47. The summed E-state index contributed by atoms with van der Waals surface area (Å²) < 4.78 is 0.943. The summed E-state index contributed by atoms with van der Waals surface area (Å²) in [6.07, 6.45) is 2.51. The predicted molar refractivity (Wildman–Crippen MR) is 77.0 cm³/mol. The van der Waals surface area contributed by atoms with Gasteiger partial charge in [0, 0.05) is 23.6 Å². The van der Waals surface area contributed by atoms with Crippen LogP contribution in [0.2, 0.25) is 0 Å². The molecule has 0 N–H and O–H groups in total. The summed E-state index contributed by atoms with van der Waals surface area (Å²) in [5.41, 5.74) is 2.06. The topological polar surface area (TPSA) is 23.6 Å². The van der Waals surface area contributed by atoms with Crippen molar-refractivity contribution in [3.8, 4) is 0 Å². The Balaban J connectivity index is 1.65. The van der Waals surface area contributed by atoms with Crippen LogP contribution in [0.1, 0.15) is 28.8 Å². The summed E-state index contributed by atoms with van der Waals surface area (Å²) in [6, 6.07) is 6.50. The van der Waals surface area contributed by atoms with Crippen molar-refractivity contribution < 1.29 is 4.79 Å². The highest BCUT2D eigenvalue weighted by Crippen LogP contribution is 2.37. The van der Waals surface area contributed by atoms with Gasteiger partial charge in [0.15, 0.2) is 0 Å². The number of amides is 1. The smallest absolute Gasteiger partial charge is 0.255 e. The molecular weight excluding hydrogens is 304 g/mol. The van der Waals surface area contributed by atoms with E-state index in [9.17, 15) is 4.79 Å². The molecule has 1 amide bonds. The van der Waals surface area contributed by atoms with E-state index < -0.39 is 0 Å². The van der Waals surface area contributed by atoms with Crippen molar-refractivity contribution in [3.63, 3.8) is 0 Å². The predicted octanol–water partition coefficient (Wildman–Crippen LogP) is 2.50. The number of piperidine rings is 3. The van der Waals surface area contributed by atoms with Crippen molar-refractivity contribution in [1.29, 1.82) is 0 Å². The number of fused-ring (bicyclic) bond motifs is 4. The van der Waals surface area contributed by atoms with E-state index in [1.807, 2.05) is 12.1 Å². The van der Waals surface area contributed by atoms with E-state index >= 15 is 0 Å². The Morgan fingerprint density at radius 1 is 1.21 bits per heavy atom. The molecular formula is C15H17BrN2O. The van der Waals surface area contributed by atoms with Gasteiger partial charge in [-0.2, -0.15) is 0 Å². The van der Waals surface area contributed by atoms with Gasteiger partial charge in [-0.1, -0.05) is 12.1 Å². The van der Waals surface area contributed by atoms with Gasteiger partial charge in [-0.25, -0.2) is 0 Å². The molecule has 2 bridgehead atoms. The van der Waals surface area contributed by atoms with Gasteiger partial charge in [-0.05, 0) is 59.4 Å². The summed E-state index contributed by atoms with van der Waals surface area (Å²) in [5.74, 6) is 0.934. The lowest BCUT2D eigenvalue weighted by Crippen LogP contribution is -2.57. The molecule has 0 aliphatic carbocycles. The van der Waals surface area contributed by atoms with Crippen LogP contribution in [0.4, 0.5) is 0 Å². The lowest BCUT2D eigenvalue weighted by molar-refractivity contribution is 0.00844. The van der Waals surface area contributed by atoms with E-state index in [0.29, 0.717) is 12.0 Å². The molecule has 100 valence electrons. The summed E-state index contributed by atoms with van der Waals surface area (Å²) >= 11 is 3.52. The van der Waals surface area contributed by atoms with Crippen LogP contribution in [0.3, 0.4) is 0 Å². The fraction of sp³-hybridized carbons (Fsp3) is 0.533. The lowest BCUT2D eigenvalue weighted by Gasteiger charge is -2.48. The lowest BCUT2D eigenvalue weighted by atomic mass is 9.83. The molecule has 3 fully saturated rings. The van der Waals surface area contributed by atoms with E-state index in [0.717, 1.165) is 23.1 Å². The third kappa shape index (κ3) is 1.77.